The summed E-state index contributed by atoms with van der Waals surface area (Å²) in [5.41, 5.74) is 0.983. The normalized spacial score (nSPS) is 21.2. The number of carbonyl (C=O) groups is 1. The molecule has 132 valence electrons. The summed E-state index contributed by atoms with van der Waals surface area (Å²) in [4.78, 5) is 14.3. The van der Waals surface area contributed by atoms with Crippen LogP contribution in [0, 0.1) is 0 Å². The van der Waals surface area contributed by atoms with Gasteiger partial charge in [0.1, 0.15) is 11.3 Å². The molecule has 2 aliphatic rings. The van der Waals surface area contributed by atoms with Gasteiger partial charge in [-0.25, -0.2) is 0 Å². The highest BCUT2D eigenvalue weighted by Gasteiger charge is 2.42. The van der Waals surface area contributed by atoms with Gasteiger partial charge in [0.25, 0.3) is 5.91 Å². The Morgan fingerprint density at radius 3 is 2.29 bits per heavy atom. The third kappa shape index (κ3) is 3.92. The van der Waals surface area contributed by atoms with Crippen LogP contribution in [-0.4, -0.2) is 38.2 Å². The first kappa shape index (κ1) is 17.3. The van der Waals surface area contributed by atoms with Crippen LogP contribution in [0.5, 0.6) is 5.75 Å². The number of benzene rings is 1. The zero-order chi connectivity index (χ0) is 16.8. The number of amides is 1. The average Bonchev–Trinajstić information content (AvgIpc) is 2.67. The van der Waals surface area contributed by atoms with E-state index < -0.39 is 0 Å². The fraction of sp³-hybridized carbons (Fsp3) is 0.650. The van der Waals surface area contributed by atoms with E-state index in [2.05, 4.69) is 5.32 Å². The Kier molecular flexibility index (Phi) is 5.77. The molecule has 1 aromatic carbocycles. The highest BCUT2D eigenvalue weighted by molar-refractivity contribution is 5.94. The molecule has 24 heavy (non-hydrogen) atoms. The number of hydrogen-bond acceptors (Lipinski definition) is 2. The topological polar surface area (TPSA) is 42.8 Å². The van der Waals surface area contributed by atoms with Crippen molar-refractivity contribution < 1.29 is 14.4 Å². The number of rotatable bonds is 5. The highest BCUT2D eigenvalue weighted by atomic mass is 16.5. The number of methoxy groups -OCH3 is 1. The second kappa shape index (κ2) is 8.02. The fourth-order valence-corrected chi connectivity index (χ4v) is 4.49. The molecule has 1 saturated heterocycles. The zero-order valence-electron chi connectivity index (χ0n) is 14.9. The summed E-state index contributed by atoms with van der Waals surface area (Å²) in [5, 5.41) is 3.24. The van der Waals surface area contributed by atoms with E-state index in [4.69, 9.17) is 4.74 Å². The molecule has 4 heteroatoms. The van der Waals surface area contributed by atoms with E-state index in [1.165, 1.54) is 64.5 Å². The van der Waals surface area contributed by atoms with Crippen molar-refractivity contribution in [2.24, 2.45) is 0 Å². The third-order valence-corrected chi connectivity index (χ3v) is 5.96. The maximum atomic E-state index is 12.6. The lowest BCUT2D eigenvalue weighted by molar-refractivity contribution is -0.957. The molecule has 1 saturated carbocycles. The van der Waals surface area contributed by atoms with E-state index in [9.17, 15) is 4.79 Å². The summed E-state index contributed by atoms with van der Waals surface area (Å²) in [7, 11) is 1.64. The van der Waals surface area contributed by atoms with Crippen molar-refractivity contribution in [1.82, 2.24) is 5.32 Å². The Balaban J connectivity index is 1.64. The van der Waals surface area contributed by atoms with Crippen molar-refractivity contribution in [1.29, 1.82) is 0 Å². The molecule has 1 aliphatic carbocycles. The first-order chi connectivity index (χ1) is 11.7. The molecule has 0 unspecified atom stereocenters. The molecule has 1 amide bonds. The Morgan fingerprint density at radius 2 is 1.67 bits per heavy atom. The molecule has 1 heterocycles. The molecule has 2 N–H and O–H groups in total. The number of ether oxygens (including phenoxy) is 1. The summed E-state index contributed by atoms with van der Waals surface area (Å²) >= 11 is 0. The second-order valence-electron chi connectivity index (χ2n) is 7.42. The summed E-state index contributed by atoms with van der Waals surface area (Å²) < 4.78 is 5.16. The standard InChI is InChI=1S/C20H30N2O2/c1-24-18-10-8-17(9-11-18)19(23)21-16-20(12-4-2-5-13-20)22-14-6-3-7-15-22/h8-11H,2-7,12-16H2,1H3,(H,21,23)/p+1. The smallest absolute Gasteiger partial charge is 0.251 e. The lowest BCUT2D eigenvalue weighted by Gasteiger charge is -2.45. The minimum atomic E-state index is 0.0408. The van der Waals surface area contributed by atoms with E-state index in [1.807, 2.05) is 24.3 Å². The van der Waals surface area contributed by atoms with Crippen molar-refractivity contribution >= 4 is 5.91 Å². The molecule has 0 atom stereocenters. The Morgan fingerprint density at radius 1 is 1.04 bits per heavy atom. The molecular formula is C20H31N2O2+. The van der Waals surface area contributed by atoms with E-state index in [0.29, 0.717) is 0 Å². The fourth-order valence-electron chi connectivity index (χ4n) is 4.49. The van der Waals surface area contributed by atoms with Crippen molar-refractivity contribution in [3.8, 4) is 5.75 Å². The minimum absolute atomic E-state index is 0.0408. The van der Waals surface area contributed by atoms with Crippen molar-refractivity contribution in [2.75, 3.05) is 26.7 Å². The quantitative estimate of drug-likeness (QED) is 0.869. The first-order valence-electron chi connectivity index (χ1n) is 9.51. The van der Waals surface area contributed by atoms with Crippen LogP contribution in [0.15, 0.2) is 24.3 Å². The highest BCUT2D eigenvalue weighted by Crippen LogP contribution is 2.26. The third-order valence-electron chi connectivity index (χ3n) is 5.96. The van der Waals surface area contributed by atoms with Gasteiger partial charge in [0.05, 0.1) is 26.7 Å². The van der Waals surface area contributed by atoms with Crippen molar-refractivity contribution in [2.45, 2.75) is 56.9 Å². The number of likely N-dealkylation sites (tertiary alicyclic amines) is 1. The molecule has 3 rings (SSSR count). The van der Waals surface area contributed by atoms with Crippen LogP contribution in [0.3, 0.4) is 0 Å². The number of piperidine rings is 1. The van der Waals surface area contributed by atoms with Gasteiger partial charge in [-0.1, -0.05) is 6.42 Å². The molecule has 0 aromatic heterocycles. The number of carbonyl (C=O) groups excluding carboxylic acids is 1. The number of hydrogen-bond donors (Lipinski definition) is 2. The van der Waals surface area contributed by atoms with Gasteiger partial charge in [-0.05, 0) is 56.4 Å². The molecule has 1 aliphatic heterocycles. The van der Waals surface area contributed by atoms with Gasteiger partial charge in [-0.3, -0.25) is 4.79 Å². The Hall–Kier alpha value is -1.55. The van der Waals surface area contributed by atoms with Gasteiger partial charge in [0.15, 0.2) is 0 Å². The zero-order valence-corrected chi connectivity index (χ0v) is 14.9. The van der Waals surface area contributed by atoms with Crippen molar-refractivity contribution in [3.63, 3.8) is 0 Å². The van der Waals surface area contributed by atoms with Crippen LogP contribution in [0.1, 0.15) is 61.7 Å². The lowest BCUT2D eigenvalue weighted by Crippen LogP contribution is -3.22. The summed E-state index contributed by atoms with van der Waals surface area (Å²) in [6, 6.07) is 7.38. The predicted molar refractivity (Wildman–Crippen MR) is 95.7 cm³/mol. The van der Waals surface area contributed by atoms with Gasteiger partial charge in [-0.15, -0.1) is 0 Å². The molecule has 0 spiro atoms. The molecular weight excluding hydrogens is 300 g/mol. The number of quaternary nitrogens is 1. The van der Waals surface area contributed by atoms with Gasteiger partial charge in [0.2, 0.25) is 0 Å². The molecule has 4 nitrogen and oxygen atoms in total. The Labute approximate surface area is 145 Å². The van der Waals surface area contributed by atoms with Crippen molar-refractivity contribution in [3.05, 3.63) is 29.8 Å². The molecule has 0 radical (unpaired) electrons. The SMILES string of the molecule is COc1ccc(C(=O)NCC2([NH+]3CCCCC3)CCCCC2)cc1. The average molecular weight is 331 g/mol. The maximum Gasteiger partial charge on any atom is 0.251 e. The van der Waals surface area contributed by atoms with Crippen LogP contribution in [0.4, 0.5) is 0 Å². The van der Waals surface area contributed by atoms with E-state index in [0.717, 1.165) is 17.9 Å². The van der Waals surface area contributed by atoms with Crippen LogP contribution < -0.4 is 15.0 Å². The molecule has 2 fully saturated rings. The monoisotopic (exact) mass is 331 g/mol. The van der Waals surface area contributed by atoms with Gasteiger partial charge in [-0.2, -0.15) is 0 Å². The summed E-state index contributed by atoms with van der Waals surface area (Å²) in [6.45, 7) is 3.37. The van der Waals surface area contributed by atoms with Crippen LogP contribution in [0.25, 0.3) is 0 Å². The lowest BCUT2D eigenvalue weighted by atomic mass is 9.79. The van der Waals surface area contributed by atoms with E-state index in [-0.39, 0.29) is 11.4 Å². The van der Waals surface area contributed by atoms with Crippen LogP contribution in [-0.2, 0) is 0 Å². The Bertz CT molecular complexity index is 529. The number of nitrogens with one attached hydrogen (secondary N) is 2. The van der Waals surface area contributed by atoms with Gasteiger partial charge < -0.3 is 15.0 Å². The minimum Gasteiger partial charge on any atom is -0.497 e. The second-order valence-corrected chi connectivity index (χ2v) is 7.42. The summed E-state index contributed by atoms with van der Waals surface area (Å²) in [5.74, 6) is 0.826. The largest absolute Gasteiger partial charge is 0.497 e. The predicted octanol–water partition coefficient (Wildman–Crippen LogP) is 2.20. The first-order valence-corrected chi connectivity index (χ1v) is 9.51. The van der Waals surface area contributed by atoms with Gasteiger partial charge >= 0.3 is 0 Å². The van der Waals surface area contributed by atoms with E-state index in [1.54, 1.807) is 12.0 Å². The molecule has 0 bridgehead atoms. The molecule has 1 aromatic rings. The van der Waals surface area contributed by atoms with E-state index >= 15 is 0 Å². The van der Waals surface area contributed by atoms with Crippen LogP contribution >= 0.6 is 0 Å². The summed E-state index contributed by atoms with van der Waals surface area (Å²) in [6.07, 6.45) is 10.5. The van der Waals surface area contributed by atoms with Crippen LogP contribution in [0.2, 0.25) is 0 Å². The van der Waals surface area contributed by atoms with Gasteiger partial charge in [0, 0.05) is 18.4 Å². The maximum absolute atomic E-state index is 12.6.